The van der Waals surface area contributed by atoms with Crippen molar-refractivity contribution in [3.63, 3.8) is 0 Å². The minimum Gasteiger partial charge on any atom is -0.504 e. The number of aromatic nitrogens is 2. The van der Waals surface area contributed by atoms with Crippen molar-refractivity contribution in [3.8, 4) is 0 Å². The van der Waals surface area contributed by atoms with E-state index < -0.39 is 23.1 Å². The predicted molar refractivity (Wildman–Crippen MR) is 161 cm³/mol. The van der Waals surface area contributed by atoms with E-state index in [1.165, 1.54) is 0 Å². The van der Waals surface area contributed by atoms with Crippen LogP contribution in [-0.2, 0) is 22.4 Å². The van der Waals surface area contributed by atoms with Gasteiger partial charge in [0, 0.05) is 44.3 Å². The molecule has 0 saturated heterocycles. The Morgan fingerprint density at radius 2 is 1.00 bits per heavy atom. The Hall–Kier alpha value is -4.06. The topological polar surface area (TPSA) is 106 Å². The minimum atomic E-state index is -0.736. The van der Waals surface area contributed by atoms with Crippen LogP contribution in [0.4, 0.5) is 0 Å². The maximum absolute atomic E-state index is 13.9. The average Bonchev–Trinajstić information content (AvgIpc) is 3.46. The molecule has 1 aliphatic carbocycles. The molecule has 0 bridgehead atoms. The SMILES string of the molecule is CC(C)CCCc1[nH]c2ccccc2c1C1=C(O)C(=O)C(c2c(CCCC(C)C)[nH]c3ccccc23)=C(O)C1=O. The number of carbonyl (C=O) groups excluding carboxylic acids is 2. The summed E-state index contributed by atoms with van der Waals surface area (Å²) in [5, 5.41) is 24.3. The highest BCUT2D eigenvalue weighted by Crippen LogP contribution is 2.41. The Kier molecular flexibility index (Phi) is 7.70. The van der Waals surface area contributed by atoms with Gasteiger partial charge in [0.05, 0.1) is 11.1 Å². The lowest BCUT2D eigenvalue weighted by Gasteiger charge is -2.20. The van der Waals surface area contributed by atoms with Crippen LogP contribution in [0.1, 0.15) is 75.9 Å². The van der Waals surface area contributed by atoms with Gasteiger partial charge in [-0.05, 0) is 49.7 Å². The number of aromatic amines is 2. The third kappa shape index (κ3) is 4.99. The number of hydrogen-bond donors (Lipinski definition) is 4. The number of aryl methyl sites for hydroxylation is 2. The molecule has 5 rings (SSSR count). The zero-order valence-corrected chi connectivity index (χ0v) is 23.7. The smallest absolute Gasteiger partial charge is 0.232 e. The Bertz CT molecular complexity index is 1540. The molecule has 0 radical (unpaired) electrons. The number of nitrogens with one attached hydrogen (secondary N) is 2. The molecular formula is C34H38N2O4. The van der Waals surface area contributed by atoms with E-state index >= 15 is 0 Å². The summed E-state index contributed by atoms with van der Waals surface area (Å²) < 4.78 is 0. The molecule has 0 aliphatic heterocycles. The van der Waals surface area contributed by atoms with Crippen LogP contribution in [0.5, 0.6) is 0 Å². The van der Waals surface area contributed by atoms with E-state index in [2.05, 4.69) is 37.7 Å². The molecule has 0 amide bonds. The quantitative estimate of drug-likeness (QED) is 0.153. The van der Waals surface area contributed by atoms with E-state index in [1.807, 2.05) is 48.5 Å². The van der Waals surface area contributed by atoms with Crippen LogP contribution in [0.25, 0.3) is 33.0 Å². The minimum absolute atomic E-state index is 0.135. The van der Waals surface area contributed by atoms with Crippen LogP contribution in [0.2, 0.25) is 0 Å². The molecule has 1 aliphatic rings. The van der Waals surface area contributed by atoms with Crippen molar-refractivity contribution in [2.75, 3.05) is 0 Å². The number of aliphatic hydroxyl groups excluding tert-OH is 2. The van der Waals surface area contributed by atoms with Crippen molar-refractivity contribution in [3.05, 3.63) is 82.6 Å². The second-order valence-corrected chi connectivity index (χ2v) is 11.7. The molecule has 208 valence electrons. The summed E-state index contributed by atoms with van der Waals surface area (Å²) >= 11 is 0. The monoisotopic (exact) mass is 538 g/mol. The first-order valence-electron chi connectivity index (χ1n) is 14.3. The van der Waals surface area contributed by atoms with Crippen LogP contribution in [0.3, 0.4) is 0 Å². The summed E-state index contributed by atoms with van der Waals surface area (Å²) in [6.07, 6.45) is 5.08. The van der Waals surface area contributed by atoms with Gasteiger partial charge >= 0.3 is 0 Å². The second-order valence-electron chi connectivity index (χ2n) is 11.7. The van der Waals surface area contributed by atoms with Crippen molar-refractivity contribution < 1.29 is 19.8 Å². The van der Waals surface area contributed by atoms with Crippen LogP contribution in [0.15, 0.2) is 60.0 Å². The number of para-hydroxylation sites is 2. The predicted octanol–water partition coefficient (Wildman–Crippen LogP) is 8.00. The van der Waals surface area contributed by atoms with Gasteiger partial charge in [-0.25, -0.2) is 0 Å². The van der Waals surface area contributed by atoms with Crippen LogP contribution in [-0.4, -0.2) is 31.7 Å². The lowest BCUT2D eigenvalue weighted by molar-refractivity contribution is -0.116. The van der Waals surface area contributed by atoms with E-state index in [4.69, 9.17) is 0 Å². The number of hydrogen-bond acceptors (Lipinski definition) is 4. The van der Waals surface area contributed by atoms with Crippen molar-refractivity contribution >= 4 is 44.5 Å². The van der Waals surface area contributed by atoms with Crippen LogP contribution in [0, 0.1) is 11.8 Å². The van der Waals surface area contributed by atoms with Gasteiger partial charge < -0.3 is 20.2 Å². The molecule has 2 aromatic heterocycles. The maximum atomic E-state index is 13.9. The molecule has 6 heteroatoms. The fourth-order valence-electron chi connectivity index (χ4n) is 5.86. The molecule has 0 unspecified atom stereocenters. The molecular weight excluding hydrogens is 500 g/mol. The first-order valence-corrected chi connectivity index (χ1v) is 14.3. The molecule has 6 nitrogen and oxygen atoms in total. The van der Waals surface area contributed by atoms with Crippen molar-refractivity contribution in [2.45, 2.75) is 66.2 Å². The van der Waals surface area contributed by atoms with Gasteiger partial charge in [-0.15, -0.1) is 0 Å². The number of rotatable bonds is 10. The number of H-pyrrole nitrogens is 2. The Morgan fingerprint density at radius 3 is 1.38 bits per heavy atom. The standard InChI is InChI=1S/C34H38N2O4/c1-19(2)11-9-17-25-27(21-13-5-7-15-23(21)35-25)29-31(37)33(39)30(34(40)32(29)38)28-22-14-6-8-16-24(22)36-26(28)18-10-12-20(3)4/h5-8,13-16,19-20,35-37,40H,9-12,17-18H2,1-4H3. The molecule has 2 aromatic carbocycles. The molecule has 4 aromatic rings. The lowest BCUT2D eigenvalue weighted by atomic mass is 9.83. The van der Waals surface area contributed by atoms with Gasteiger partial charge in [0.1, 0.15) is 0 Å². The van der Waals surface area contributed by atoms with Gasteiger partial charge in [0.25, 0.3) is 0 Å². The molecule has 4 N–H and O–H groups in total. The Labute approximate surface area is 234 Å². The van der Waals surface area contributed by atoms with Gasteiger partial charge in [0.2, 0.25) is 11.6 Å². The van der Waals surface area contributed by atoms with Crippen molar-refractivity contribution in [1.82, 2.24) is 9.97 Å². The van der Waals surface area contributed by atoms with Crippen molar-refractivity contribution in [2.24, 2.45) is 11.8 Å². The molecule has 0 fully saturated rings. The molecule has 0 spiro atoms. The van der Waals surface area contributed by atoms with E-state index in [1.54, 1.807) is 0 Å². The zero-order valence-electron chi connectivity index (χ0n) is 23.7. The maximum Gasteiger partial charge on any atom is 0.232 e. The third-order valence-electron chi connectivity index (χ3n) is 7.84. The summed E-state index contributed by atoms with van der Waals surface area (Å²) in [4.78, 5) is 34.6. The molecule has 2 heterocycles. The van der Waals surface area contributed by atoms with Gasteiger partial charge in [-0.3, -0.25) is 9.59 Å². The zero-order chi connectivity index (χ0) is 28.6. The summed E-state index contributed by atoms with van der Waals surface area (Å²) in [6, 6.07) is 15.1. The average molecular weight is 539 g/mol. The fourth-order valence-corrected chi connectivity index (χ4v) is 5.86. The molecule has 0 atom stereocenters. The molecule has 0 saturated carbocycles. The number of Topliss-reactive ketones (excluding diaryl/α,β-unsaturated/α-hetero) is 2. The second kappa shape index (κ2) is 11.2. The summed E-state index contributed by atoms with van der Waals surface area (Å²) in [5.74, 6) is -1.66. The van der Waals surface area contributed by atoms with E-state index in [-0.39, 0.29) is 11.1 Å². The summed E-state index contributed by atoms with van der Waals surface area (Å²) in [5.41, 5.74) is 3.92. The number of ketones is 2. The normalized spacial score (nSPS) is 14.7. The number of fused-ring (bicyclic) bond motifs is 2. The number of allylic oxidation sites excluding steroid dienone is 2. The Morgan fingerprint density at radius 1 is 0.625 bits per heavy atom. The number of aliphatic hydroxyl groups is 2. The van der Waals surface area contributed by atoms with Gasteiger partial charge in [-0.2, -0.15) is 0 Å². The first-order chi connectivity index (χ1) is 19.2. The van der Waals surface area contributed by atoms with Crippen LogP contribution < -0.4 is 0 Å². The van der Waals surface area contributed by atoms with Crippen molar-refractivity contribution in [1.29, 1.82) is 0 Å². The molecule has 40 heavy (non-hydrogen) atoms. The van der Waals surface area contributed by atoms with Gasteiger partial charge in [0.15, 0.2) is 11.5 Å². The number of benzene rings is 2. The third-order valence-corrected chi connectivity index (χ3v) is 7.84. The van der Waals surface area contributed by atoms with Crippen LogP contribution >= 0.6 is 0 Å². The highest BCUT2D eigenvalue weighted by atomic mass is 16.3. The lowest BCUT2D eigenvalue weighted by Crippen LogP contribution is -2.23. The number of carbonyl (C=O) groups is 2. The highest BCUT2D eigenvalue weighted by molar-refractivity contribution is 6.48. The van der Waals surface area contributed by atoms with E-state index in [0.29, 0.717) is 35.8 Å². The summed E-state index contributed by atoms with van der Waals surface area (Å²) in [7, 11) is 0. The summed E-state index contributed by atoms with van der Waals surface area (Å²) in [6.45, 7) is 8.65. The fraction of sp³-hybridized carbons (Fsp3) is 0.353. The largest absolute Gasteiger partial charge is 0.504 e. The van der Waals surface area contributed by atoms with E-state index in [0.717, 1.165) is 58.9 Å². The van der Waals surface area contributed by atoms with E-state index in [9.17, 15) is 19.8 Å². The highest BCUT2D eigenvalue weighted by Gasteiger charge is 2.39. The first kappa shape index (κ1) is 27.5. The Balaban J connectivity index is 1.63. The van der Waals surface area contributed by atoms with Gasteiger partial charge in [-0.1, -0.05) is 76.9 Å².